The van der Waals surface area contributed by atoms with Crippen LogP contribution in [0.15, 0.2) is 24.3 Å². The predicted octanol–water partition coefficient (Wildman–Crippen LogP) is 3.67. The van der Waals surface area contributed by atoms with Gasteiger partial charge in [0.25, 0.3) is 0 Å². The summed E-state index contributed by atoms with van der Waals surface area (Å²) in [7, 11) is 0. The van der Waals surface area contributed by atoms with Gasteiger partial charge in [0.2, 0.25) is 0 Å². The van der Waals surface area contributed by atoms with E-state index in [1.54, 1.807) is 0 Å². The topological polar surface area (TPSA) is 53.2 Å². The number of carbonyl (C=O) groups is 1. The Morgan fingerprint density at radius 3 is 2.57 bits per heavy atom. The van der Waals surface area contributed by atoms with Crippen LogP contribution in [0.3, 0.4) is 0 Å². The van der Waals surface area contributed by atoms with Gasteiger partial charge in [-0.25, -0.2) is 4.79 Å². The highest BCUT2D eigenvalue weighted by Crippen LogP contribution is 2.28. The van der Waals surface area contributed by atoms with Crippen molar-refractivity contribution in [2.45, 2.75) is 45.6 Å². The lowest BCUT2D eigenvalue weighted by atomic mass is 9.83. The number of amides is 2. The van der Waals surface area contributed by atoms with Crippen LogP contribution in [0.2, 0.25) is 0 Å². The molecule has 2 amide bonds. The Balaban J connectivity index is 1.72. The molecule has 0 aromatic heterocycles. The first-order chi connectivity index (χ1) is 10.2. The molecule has 0 saturated heterocycles. The van der Waals surface area contributed by atoms with Gasteiger partial charge in [-0.1, -0.05) is 38.3 Å². The molecule has 1 atom stereocenters. The first-order valence-corrected chi connectivity index (χ1v) is 8.07. The first kappa shape index (κ1) is 15.8. The lowest BCUT2D eigenvalue weighted by Gasteiger charge is -2.25. The third-order valence-electron chi connectivity index (χ3n) is 4.24. The zero-order valence-corrected chi connectivity index (χ0v) is 13.1. The molecule has 0 radical (unpaired) electrons. The number of rotatable bonds is 7. The Morgan fingerprint density at radius 1 is 1.29 bits per heavy atom. The van der Waals surface area contributed by atoms with E-state index in [0.717, 1.165) is 31.1 Å². The number of nitrogens with one attached hydrogen (secondary N) is 3. The van der Waals surface area contributed by atoms with E-state index in [-0.39, 0.29) is 6.03 Å². The molecule has 4 nitrogen and oxygen atoms in total. The number of urea groups is 1. The van der Waals surface area contributed by atoms with Crippen LogP contribution >= 0.6 is 0 Å². The molecule has 0 spiro atoms. The van der Waals surface area contributed by atoms with Gasteiger partial charge in [0.15, 0.2) is 0 Å². The van der Waals surface area contributed by atoms with Crippen LogP contribution in [0.25, 0.3) is 0 Å². The summed E-state index contributed by atoms with van der Waals surface area (Å²) in [5.41, 5.74) is 2.07. The summed E-state index contributed by atoms with van der Waals surface area (Å²) in [6.45, 7) is 5.95. The SMILES string of the molecule is CCNC(C)c1ccc(NC(=O)NCCC2CCC2)cc1. The molecule has 116 valence electrons. The number of hydrogen-bond acceptors (Lipinski definition) is 2. The van der Waals surface area contributed by atoms with Crippen molar-refractivity contribution < 1.29 is 4.79 Å². The smallest absolute Gasteiger partial charge is 0.319 e. The van der Waals surface area contributed by atoms with Gasteiger partial charge in [-0.15, -0.1) is 0 Å². The van der Waals surface area contributed by atoms with Crippen LogP contribution in [-0.2, 0) is 0 Å². The zero-order valence-electron chi connectivity index (χ0n) is 13.1. The maximum Gasteiger partial charge on any atom is 0.319 e. The highest BCUT2D eigenvalue weighted by Gasteiger charge is 2.16. The van der Waals surface area contributed by atoms with Crippen LogP contribution in [0.1, 0.15) is 51.1 Å². The highest BCUT2D eigenvalue weighted by molar-refractivity contribution is 5.89. The maximum atomic E-state index is 11.8. The molecule has 0 heterocycles. The van der Waals surface area contributed by atoms with E-state index in [1.165, 1.54) is 24.8 Å². The molecule has 0 aliphatic heterocycles. The zero-order chi connectivity index (χ0) is 15.1. The summed E-state index contributed by atoms with van der Waals surface area (Å²) in [5, 5.41) is 9.18. The summed E-state index contributed by atoms with van der Waals surface area (Å²) >= 11 is 0. The molecule has 2 rings (SSSR count). The lowest BCUT2D eigenvalue weighted by molar-refractivity contribution is 0.247. The molecular formula is C17H27N3O. The third-order valence-corrected chi connectivity index (χ3v) is 4.24. The van der Waals surface area contributed by atoms with Crippen molar-refractivity contribution >= 4 is 11.7 Å². The van der Waals surface area contributed by atoms with E-state index in [4.69, 9.17) is 0 Å². The van der Waals surface area contributed by atoms with Crippen LogP contribution in [0.4, 0.5) is 10.5 Å². The van der Waals surface area contributed by atoms with E-state index in [9.17, 15) is 4.79 Å². The van der Waals surface area contributed by atoms with Crippen LogP contribution in [-0.4, -0.2) is 19.1 Å². The first-order valence-electron chi connectivity index (χ1n) is 8.07. The molecule has 1 aromatic rings. The summed E-state index contributed by atoms with van der Waals surface area (Å²) in [6.07, 6.45) is 5.12. The second-order valence-electron chi connectivity index (χ2n) is 5.87. The van der Waals surface area contributed by atoms with Gasteiger partial charge >= 0.3 is 6.03 Å². The number of hydrogen-bond donors (Lipinski definition) is 3. The van der Waals surface area contributed by atoms with Gasteiger partial charge in [0.1, 0.15) is 0 Å². The van der Waals surface area contributed by atoms with Crippen molar-refractivity contribution in [1.29, 1.82) is 0 Å². The Hall–Kier alpha value is -1.55. The van der Waals surface area contributed by atoms with Crippen molar-refractivity contribution in [2.24, 2.45) is 5.92 Å². The summed E-state index contributed by atoms with van der Waals surface area (Å²) < 4.78 is 0. The minimum atomic E-state index is -0.109. The van der Waals surface area contributed by atoms with Gasteiger partial charge in [0.05, 0.1) is 0 Å². The van der Waals surface area contributed by atoms with Crippen molar-refractivity contribution in [3.63, 3.8) is 0 Å². The average Bonchev–Trinajstić information content (AvgIpc) is 2.42. The van der Waals surface area contributed by atoms with Gasteiger partial charge in [0, 0.05) is 18.3 Å². The maximum absolute atomic E-state index is 11.8. The second kappa shape index (κ2) is 8.03. The molecule has 1 aliphatic rings. The molecule has 0 bridgehead atoms. The summed E-state index contributed by atoms with van der Waals surface area (Å²) in [5.74, 6) is 0.831. The standard InChI is InChI=1S/C17H27N3O/c1-3-18-13(2)15-7-9-16(10-8-15)20-17(21)19-12-11-14-5-4-6-14/h7-10,13-14,18H,3-6,11-12H2,1-2H3,(H2,19,20,21). The molecule has 1 fully saturated rings. The Bertz CT molecular complexity index is 440. The number of anilines is 1. The largest absolute Gasteiger partial charge is 0.338 e. The molecule has 3 N–H and O–H groups in total. The molecule has 1 aromatic carbocycles. The van der Waals surface area contributed by atoms with Gasteiger partial charge in [-0.3, -0.25) is 0 Å². The third kappa shape index (κ3) is 5.05. The number of benzene rings is 1. The fourth-order valence-corrected chi connectivity index (χ4v) is 2.63. The monoisotopic (exact) mass is 289 g/mol. The average molecular weight is 289 g/mol. The molecular weight excluding hydrogens is 262 g/mol. The van der Waals surface area contributed by atoms with E-state index in [2.05, 4.69) is 41.9 Å². The molecule has 1 unspecified atom stereocenters. The lowest BCUT2D eigenvalue weighted by Crippen LogP contribution is -2.31. The summed E-state index contributed by atoms with van der Waals surface area (Å²) in [6, 6.07) is 8.24. The summed E-state index contributed by atoms with van der Waals surface area (Å²) in [4.78, 5) is 11.8. The van der Waals surface area contributed by atoms with E-state index < -0.39 is 0 Å². The van der Waals surface area contributed by atoms with Crippen molar-refractivity contribution in [1.82, 2.24) is 10.6 Å². The fourth-order valence-electron chi connectivity index (χ4n) is 2.63. The number of carbonyl (C=O) groups excluding carboxylic acids is 1. The van der Waals surface area contributed by atoms with Crippen molar-refractivity contribution in [2.75, 3.05) is 18.4 Å². The quantitative estimate of drug-likeness (QED) is 0.717. The minimum Gasteiger partial charge on any atom is -0.338 e. The fraction of sp³-hybridized carbons (Fsp3) is 0.588. The Labute approximate surface area is 127 Å². The van der Waals surface area contributed by atoms with E-state index in [0.29, 0.717) is 6.04 Å². The predicted molar refractivity (Wildman–Crippen MR) is 87.5 cm³/mol. The molecule has 1 aliphatic carbocycles. The van der Waals surface area contributed by atoms with Crippen molar-refractivity contribution in [3.05, 3.63) is 29.8 Å². The molecule has 4 heteroatoms. The van der Waals surface area contributed by atoms with Crippen LogP contribution < -0.4 is 16.0 Å². The Kier molecular flexibility index (Phi) is 6.05. The van der Waals surface area contributed by atoms with Gasteiger partial charge in [-0.2, -0.15) is 0 Å². The highest BCUT2D eigenvalue weighted by atomic mass is 16.2. The van der Waals surface area contributed by atoms with Crippen molar-refractivity contribution in [3.8, 4) is 0 Å². The second-order valence-corrected chi connectivity index (χ2v) is 5.87. The molecule has 1 saturated carbocycles. The van der Waals surface area contributed by atoms with E-state index in [1.807, 2.05) is 12.1 Å². The van der Waals surface area contributed by atoms with Crippen LogP contribution in [0.5, 0.6) is 0 Å². The minimum absolute atomic E-state index is 0.109. The van der Waals surface area contributed by atoms with E-state index >= 15 is 0 Å². The van der Waals surface area contributed by atoms with Gasteiger partial charge in [-0.05, 0) is 43.5 Å². The van der Waals surface area contributed by atoms with Crippen LogP contribution in [0, 0.1) is 5.92 Å². The normalized spacial score (nSPS) is 16.1. The van der Waals surface area contributed by atoms with Gasteiger partial charge < -0.3 is 16.0 Å². The Morgan fingerprint density at radius 2 is 2.00 bits per heavy atom. The molecule has 21 heavy (non-hydrogen) atoms.